The molecule has 1 aromatic carbocycles. The second-order valence-electron chi connectivity index (χ2n) is 3.76. The van der Waals surface area contributed by atoms with Crippen LogP contribution in [0, 0.1) is 0 Å². The average molecular weight is 296 g/mol. The van der Waals surface area contributed by atoms with Gasteiger partial charge in [0.15, 0.2) is 0 Å². The number of hydrogen-bond donors (Lipinski definition) is 2. The van der Waals surface area contributed by atoms with Crippen molar-refractivity contribution < 1.29 is 4.79 Å². The molecule has 98 valence electrons. The minimum absolute atomic E-state index is 0.297. The zero-order valence-electron chi connectivity index (χ0n) is 10.1. The molecule has 2 aromatic rings. The van der Waals surface area contributed by atoms with Gasteiger partial charge in [-0.2, -0.15) is 0 Å². The van der Waals surface area contributed by atoms with Crippen LogP contribution in [0.3, 0.4) is 0 Å². The van der Waals surface area contributed by atoms with Gasteiger partial charge in [-0.15, -0.1) is 0 Å². The van der Waals surface area contributed by atoms with E-state index in [4.69, 9.17) is 23.2 Å². The summed E-state index contributed by atoms with van der Waals surface area (Å²) in [6.45, 7) is 0. The molecule has 19 heavy (non-hydrogen) atoms. The van der Waals surface area contributed by atoms with Crippen LogP contribution in [0.2, 0.25) is 10.0 Å². The van der Waals surface area contributed by atoms with Crippen LogP contribution in [0.4, 0.5) is 11.5 Å². The predicted molar refractivity (Wildman–Crippen MR) is 78.2 cm³/mol. The maximum absolute atomic E-state index is 12.1. The van der Waals surface area contributed by atoms with Gasteiger partial charge in [0.05, 0.1) is 10.6 Å². The standard InChI is InChI=1S/C13H11Cl2N3O/c1-16-12-6-10(11(15)7-17-12)13(19)18-9-4-2-8(14)3-5-9/h2-7H,1H3,(H,16,17)(H,18,19). The molecule has 0 saturated heterocycles. The molecule has 0 aliphatic carbocycles. The van der Waals surface area contributed by atoms with Crippen molar-refractivity contribution in [3.8, 4) is 0 Å². The number of carbonyl (C=O) groups is 1. The van der Waals surface area contributed by atoms with Gasteiger partial charge < -0.3 is 10.6 Å². The highest BCUT2D eigenvalue weighted by atomic mass is 35.5. The van der Waals surface area contributed by atoms with Gasteiger partial charge in [0.25, 0.3) is 5.91 Å². The van der Waals surface area contributed by atoms with Crippen LogP contribution in [0.15, 0.2) is 36.5 Å². The minimum Gasteiger partial charge on any atom is -0.373 e. The van der Waals surface area contributed by atoms with E-state index in [1.54, 1.807) is 37.4 Å². The molecule has 1 amide bonds. The maximum atomic E-state index is 12.1. The van der Waals surface area contributed by atoms with Crippen molar-refractivity contribution in [2.24, 2.45) is 0 Å². The third-order valence-electron chi connectivity index (χ3n) is 2.46. The normalized spacial score (nSPS) is 10.1. The summed E-state index contributed by atoms with van der Waals surface area (Å²) < 4.78 is 0. The topological polar surface area (TPSA) is 54.0 Å². The molecule has 2 rings (SSSR count). The molecule has 0 aliphatic rings. The van der Waals surface area contributed by atoms with Gasteiger partial charge in [0, 0.05) is 24.0 Å². The molecule has 1 heterocycles. The van der Waals surface area contributed by atoms with E-state index < -0.39 is 0 Å². The Kier molecular flexibility index (Phi) is 4.24. The Morgan fingerprint density at radius 1 is 1.21 bits per heavy atom. The first-order chi connectivity index (χ1) is 9.10. The van der Waals surface area contributed by atoms with Crippen molar-refractivity contribution in [3.63, 3.8) is 0 Å². The van der Waals surface area contributed by atoms with E-state index >= 15 is 0 Å². The number of anilines is 2. The van der Waals surface area contributed by atoms with Crippen molar-refractivity contribution in [1.82, 2.24) is 4.98 Å². The lowest BCUT2D eigenvalue weighted by Crippen LogP contribution is -2.13. The average Bonchev–Trinajstić information content (AvgIpc) is 2.42. The third-order valence-corrected chi connectivity index (χ3v) is 3.01. The van der Waals surface area contributed by atoms with Crippen LogP contribution in [-0.4, -0.2) is 17.9 Å². The summed E-state index contributed by atoms with van der Waals surface area (Å²) in [5.74, 6) is 0.275. The molecule has 0 fully saturated rings. The largest absolute Gasteiger partial charge is 0.373 e. The number of halogens is 2. The lowest BCUT2D eigenvalue weighted by atomic mass is 10.2. The van der Waals surface area contributed by atoms with Gasteiger partial charge in [-0.05, 0) is 30.3 Å². The maximum Gasteiger partial charge on any atom is 0.257 e. The van der Waals surface area contributed by atoms with E-state index in [2.05, 4.69) is 15.6 Å². The van der Waals surface area contributed by atoms with Gasteiger partial charge in [-0.3, -0.25) is 4.79 Å². The second-order valence-corrected chi connectivity index (χ2v) is 4.60. The van der Waals surface area contributed by atoms with Crippen LogP contribution >= 0.6 is 23.2 Å². The summed E-state index contributed by atoms with van der Waals surface area (Å²) in [6, 6.07) is 8.42. The molecule has 0 saturated carbocycles. The number of benzene rings is 1. The molecule has 2 N–H and O–H groups in total. The molecule has 0 unspecified atom stereocenters. The zero-order valence-corrected chi connectivity index (χ0v) is 11.6. The molecule has 1 aromatic heterocycles. The highest BCUT2D eigenvalue weighted by molar-refractivity contribution is 6.34. The zero-order chi connectivity index (χ0) is 13.8. The Morgan fingerprint density at radius 3 is 2.53 bits per heavy atom. The predicted octanol–water partition coefficient (Wildman–Crippen LogP) is 3.68. The molecular weight excluding hydrogens is 285 g/mol. The first kappa shape index (κ1) is 13.6. The highest BCUT2D eigenvalue weighted by Crippen LogP contribution is 2.20. The summed E-state index contributed by atoms with van der Waals surface area (Å²) in [5.41, 5.74) is 1.00. The van der Waals surface area contributed by atoms with E-state index in [1.807, 2.05) is 0 Å². The van der Waals surface area contributed by atoms with E-state index in [0.29, 0.717) is 27.1 Å². The summed E-state index contributed by atoms with van der Waals surface area (Å²) in [6.07, 6.45) is 1.43. The fourth-order valence-electron chi connectivity index (χ4n) is 1.48. The molecule has 0 bridgehead atoms. The van der Waals surface area contributed by atoms with Crippen molar-refractivity contribution in [2.45, 2.75) is 0 Å². The van der Waals surface area contributed by atoms with E-state index in [1.165, 1.54) is 6.20 Å². The van der Waals surface area contributed by atoms with Crippen LogP contribution < -0.4 is 10.6 Å². The highest BCUT2D eigenvalue weighted by Gasteiger charge is 2.12. The van der Waals surface area contributed by atoms with Crippen LogP contribution in [0.5, 0.6) is 0 Å². The molecule has 0 aliphatic heterocycles. The fraction of sp³-hybridized carbons (Fsp3) is 0.0769. The number of hydrogen-bond acceptors (Lipinski definition) is 3. The lowest BCUT2D eigenvalue weighted by molar-refractivity contribution is 0.102. The van der Waals surface area contributed by atoms with Crippen LogP contribution in [-0.2, 0) is 0 Å². The fourth-order valence-corrected chi connectivity index (χ4v) is 1.80. The Labute approximate surface area is 120 Å². The minimum atomic E-state index is -0.300. The molecule has 4 nitrogen and oxygen atoms in total. The van der Waals surface area contributed by atoms with Crippen molar-refractivity contribution in [2.75, 3.05) is 17.7 Å². The second kappa shape index (κ2) is 5.91. The van der Waals surface area contributed by atoms with Crippen molar-refractivity contribution in [1.29, 1.82) is 0 Å². The molecule has 0 atom stereocenters. The molecule has 0 radical (unpaired) electrons. The molecule has 6 heteroatoms. The summed E-state index contributed by atoms with van der Waals surface area (Å²) in [4.78, 5) is 16.1. The monoisotopic (exact) mass is 295 g/mol. The number of rotatable bonds is 3. The smallest absolute Gasteiger partial charge is 0.257 e. The Bertz CT molecular complexity index is 599. The number of nitrogens with zero attached hydrogens (tertiary/aromatic N) is 1. The third kappa shape index (κ3) is 3.36. The summed E-state index contributed by atoms with van der Waals surface area (Å²) in [7, 11) is 1.72. The Hall–Kier alpha value is -1.78. The van der Waals surface area contributed by atoms with Gasteiger partial charge in [0.1, 0.15) is 5.82 Å². The van der Waals surface area contributed by atoms with Gasteiger partial charge in [-0.1, -0.05) is 23.2 Å². The van der Waals surface area contributed by atoms with Crippen LogP contribution in [0.1, 0.15) is 10.4 Å². The van der Waals surface area contributed by atoms with Gasteiger partial charge in [0.2, 0.25) is 0 Å². The molecule has 0 spiro atoms. The first-order valence-electron chi connectivity index (χ1n) is 5.50. The number of nitrogens with one attached hydrogen (secondary N) is 2. The van der Waals surface area contributed by atoms with Gasteiger partial charge >= 0.3 is 0 Å². The number of aromatic nitrogens is 1. The summed E-state index contributed by atoms with van der Waals surface area (Å²) in [5, 5.41) is 6.50. The number of pyridine rings is 1. The van der Waals surface area contributed by atoms with Gasteiger partial charge in [-0.25, -0.2) is 4.98 Å². The first-order valence-corrected chi connectivity index (χ1v) is 6.26. The summed E-state index contributed by atoms with van der Waals surface area (Å²) >= 11 is 11.7. The van der Waals surface area contributed by atoms with Crippen LogP contribution in [0.25, 0.3) is 0 Å². The SMILES string of the molecule is CNc1cc(C(=O)Nc2ccc(Cl)cc2)c(Cl)cn1. The quantitative estimate of drug-likeness (QED) is 0.908. The Balaban J connectivity index is 2.22. The Morgan fingerprint density at radius 2 is 1.89 bits per heavy atom. The lowest BCUT2D eigenvalue weighted by Gasteiger charge is -2.08. The van der Waals surface area contributed by atoms with E-state index in [0.717, 1.165) is 0 Å². The van der Waals surface area contributed by atoms with Crippen molar-refractivity contribution >= 4 is 40.6 Å². The van der Waals surface area contributed by atoms with E-state index in [9.17, 15) is 4.79 Å². The number of amides is 1. The molecular formula is C13H11Cl2N3O. The number of carbonyl (C=O) groups excluding carboxylic acids is 1. The van der Waals surface area contributed by atoms with E-state index in [-0.39, 0.29) is 5.91 Å². The van der Waals surface area contributed by atoms with Crippen molar-refractivity contribution in [3.05, 3.63) is 52.1 Å².